The van der Waals surface area contributed by atoms with Gasteiger partial charge in [-0.3, -0.25) is 4.79 Å². The molecule has 9 N–H and O–H groups in total. The lowest BCUT2D eigenvalue weighted by molar-refractivity contribution is -0.353. The third kappa shape index (κ3) is 7.19. The summed E-state index contributed by atoms with van der Waals surface area (Å²) in [4.78, 5) is 12.4. The Balaban J connectivity index is 1.26. The first kappa shape index (κ1) is 40.6. The van der Waals surface area contributed by atoms with E-state index >= 15 is 0 Å². The van der Waals surface area contributed by atoms with Crippen molar-refractivity contribution in [1.82, 2.24) is 0 Å². The number of ether oxygens (including phenoxy) is 4. The zero-order valence-corrected chi connectivity index (χ0v) is 30.8. The van der Waals surface area contributed by atoms with Crippen molar-refractivity contribution in [1.29, 1.82) is 0 Å². The fourth-order valence-corrected chi connectivity index (χ4v) is 11.4. The van der Waals surface area contributed by atoms with Crippen LogP contribution in [0.2, 0.25) is 0 Å². The highest BCUT2D eigenvalue weighted by molar-refractivity contribution is 5.91. The number of carbonyl (C=O) groups excluding carboxylic acids is 1. The second-order valence-electron chi connectivity index (χ2n) is 17.5. The molecule has 0 aromatic rings. The molecule has 20 atom stereocenters. The van der Waals surface area contributed by atoms with Gasteiger partial charge in [0.05, 0.1) is 31.5 Å². The Kier molecular flexibility index (Phi) is 12.3. The second kappa shape index (κ2) is 15.8. The van der Waals surface area contributed by atoms with Crippen molar-refractivity contribution in [3.63, 3.8) is 0 Å². The predicted molar refractivity (Wildman–Crippen MR) is 183 cm³/mol. The molecule has 0 aromatic heterocycles. The third-order valence-electron chi connectivity index (χ3n) is 14.3. The van der Waals surface area contributed by atoms with Gasteiger partial charge < -0.3 is 64.9 Å². The number of fused-ring (bicyclic) bond motifs is 5. The van der Waals surface area contributed by atoms with Crippen LogP contribution in [0.3, 0.4) is 0 Å². The van der Waals surface area contributed by atoms with E-state index in [0.717, 1.165) is 18.4 Å². The first-order chi connectivity index (χ1) is 24.5. The summed E-state index contributed by atoms with van der Waals surface area (Å²) in [7, 11) is 0. The van der Waals surface area contributed by atoms with Crippen molar-refractivity contribution in [3.8, 4) is 0 Å². The monoisotopic (exact) mass is 742 g/mol. The zero-order chi connectivity index (χ0) is 37.9. The maximum atomic E-state index is 12.4. The molecule has 298 valence electrons. The molecule has 14 nitrogen and oxygen atoms in total. The van der Waals surface area contributed by atoms with E-state index in [-0.39, 0.29) is 59.9 Å². The molecular formula is C38H62O14. The van der Waals surface area contributed by atoms with Crippen LogP contribution in [0.4, 0.5) is 0 Å². The molecule has 14 heteroatoms. The summed E-state index contributed by atoms with van der Waals surface area (Å²) in [6, 6.07) is 0. The summed E-state index contributed by atoms with van der Waals surface area (Å²) in [6.45, 7) is 7.33. The SMILES string of the molecule is C[C@H](CO)CC[C@H](O)[C@@H](C)[C@H]1[C@@H](O[C@@H]2OC[C@@H](O)[C@H](O[C@@H]3O[C@H](CO)[C@@H](O)[C@H](O)[C@H]3O)[C@H]2O)C[C@H]2[C@@H]3CCC4=CC(=O)CC[C@]4(C)[C@H]3[C@H](O)C[C@]12C. The lowest BCUT2D eigenvalue weighted by atomic mass is 9.45. The van der Waals surface area contributed by atoms with Crippen LogP contribution in [0.15, 0.2) is 11.6 Å². The van der Waals surface area contributed by atoms with Crippen molar-refractivity contribution in [2.24, 2.45) is 46.3 Å². The fraction of sp³-hybridized carbons (Fsp3) is 0.921. The number of hydrogen-bond donors (Lipinski definition) is 9. The minimum absolute atomic E-state index is 0.0151. The van der Waals surface area contributed by atoms with Gasteiger partial charge in [-0.1, -0.05) is 33.3 Å². The van der Waals surface area contributed by atoms with Crippen LogP contribution in [-0.4, -0.2) is 145 Å². The molecule has 52 heavy (non-hydrogen) atoms. The summed E-state index contributed by atoms with van der Waals surface area (Å²) in [5, 5.41) is 96.4. The van der Waals surface area contributed by atoms with E-state index in [2.05, 4.69) is 13.8 Å². The molecule has 6 aliphatic rings. The molecule has 0 radical (unpaired) electrons. The van der Waals surface area contributed by atoms with Crippen LogP contribution >= 0.6 is 0 Å². The summed E-state index contributed by atoms with van der Waals surface area (Å²) >= 11 is 0. The van der Waals surface area contributed by atoms with Crippen molar-refractivity contribution in [2.45, 2.75) is 153 Å². The highest BCUT2D eigenvalue weighted by Gasteiger charge is 2.66. The average molecular weight is 743 g/mol. The number of aliphatic hydroxyl groups excluding tert-OH is 9. The molecule has 3 saturated carbocycles. The van der Waals surface area contributed by atoms with Gasteiger partial charge in [-0.25, -0.2) is 0 Å². The molecule has 2 saturated heterocycles. The van der Waals surface area contributed by atoms with Crippen molar-refractivity contribution >= 4 is 5.78 Å². The number of rotatable bonds is 11. The molecule has 2 heterocycles. The molecule has 0 spiro atoms. The van der Waals surface area contributed by atoms with Crippen LogP contribution in [-0.2, 0) is 23.7 Å². The molecule has 5 fully saturated rings. The lowest BCUT2D eigenvalue weighted by Gasteiger charge is -2.60. The molecule has 0 unspecified atom stereocenters. The van der Waals surface area contributed by atoms with Crippen LogP contribution < -0.4 is 0 Å². The lowest BCUT2D eigenvalue weighted by Crippen LogP contribution is -2.63. The van der Waals surface area contributed by atoms with Crippen LogP contribution in [0.1, 0.15) is 79.1 Å². The van der Waals surface area contributed by atoms with Gasteiger partial charge in [-0.05, 0) is 97.4 Å². The molecule has 0 amide bonds. The van der Waals surface area contributed by atoms with Crippen molar-refractivity contribution in [2.75, 3.05) is 19.8 Å². The van der Waals surface area contributed by atoms with Crippen LogP contribution in [0.25, 0.3) is 0 Å². The Hall–Kier alpha value is -1.11. The van der Waals surface area contributed by atoms with Gasteiger partial charge in [0, 0.05) is 13.0 Å². The number of carbonyl (C=O) groups is 1. The predicted octanol–water partition coefficient (Wildman–Crippen LogP) is -0.231. The van der Waals surface area contributed by atoms with Gasteiger partial charge in [0.2, 0.25) is 0 Å². The summed E-state index contributed by atoms with van der Waals surface area (Å²) in [6.07, 6.45) is -8.82. The van der Waals surface area contributed by atoms with E-state index in [9.17, 15) is 50.8 Å². The molecule has 0 aromatic carbocycles. The first-order valence-corrected chi connectivity index (χ1v) is 19.4. The number of ketones is 1. The third-order valence-corrected chi connectivity index (χ3v) is 14.3. The maximum absolute atomic E-state index is 12.4. The Morgan fingerprint density at radius 1 is 0.923 bits per heavy atom. The largest absolute Gasteiger partial charge is 0.396 e. The van der Waals surface area contributed by atoms with E-state index in [4.69, 9.17) is 18.9 Å². The summed E-state index contributed by atoms with van der Waals surface area (Å²) in [5.41, 5.74) is 0.354. The van der Waals surface area contributed by atoms with Crippen molar-refractivity contribution < 1.29 is 69.7 Å². The zero-order valence-electron chi connectivity index (χ0n) is 30.8. The van der Waals surface area contributed by atoms with Gasteiger partial charge in [0.25, 0.3) is 0 Å². The van der Waals surface area contributed by atoms with Gasteiger partial charge >= 0.3 is 0 Å². The second-order valence-corrected chi connectivity index (χ2v) is 17.5. The average Bonchev–Trinajstić information content (AvgIpc) is 3.40. The highest BCUT2D eigenvalue weighted by Crippen LogP contribution is 2.68. The Bertz CT molecular complexity index is 1280. The molecule has 0 bridgehead atoms. The minimum Gasteiger partial charge on any atom is -0.396 e. The van der Waals surface area contributed by atoms with E-state index in [1.54, 1.807) is 6.08 Å². The van der Waals surface area contributed by atoms with E-state index in [0.29, 0.717) is 38.5 Å². The normalized spacial score (nSPS) is 49.7. The molecule has 2 aliphatic heterocycles. The number of aliphatic hydroxyl groups is 9. The van der Waals surface area contributed by atoms with Gasteiger partial charge in [0.1, 0.15) is 42.7 Å². The maximum Gasteiger partial charge on any atom is 0.187 e. The summed E-state index contributed by atoms with van der Waals surface area (Å²) < 4.78 is 23.9. The number of allylic oxidation sites excluding steroid dienone is 1. The molecular weight excluding hydrogens is 680 g/mol. The Labute approximate surface area is 305 Å². The van der Waals surface area contributed by atoms with Gasteiger partial charge in [-0.15, -0.1) is 0 Å². The smallest absolute Gasteiger partial charge is 0.187 e. The quantitative estimate of drug-likeness (QED) is 0.133. The van der Waals surface area contributed by atoms with Gasteiger partial charge in [0.15, 0.2) is 18.4 Å². The van der Waals surface area contributed by atoms with Crippen molar-refractivity contribution in [3.05, 3.63) is 11.6 Å². The highest BCUT2D eigenvalue weighted by atomic mass is 16.7. The van der Waals surface area contributed by atoms with E-state index in [1.807, 2.05) is 13.8 Å². The van der Waals surface area contributed by atoms with Crippen LogP contribution in [0.5, 0.6) is 0 Å². The molecule has 6 rings (SSSR count). The van der Waals surface area contributed by atoms with E-state index < -0.39 is 85.6 Å². The Morgan fingerprint density at radius 2 is 1.65 bits per heavy atom. The first-order valence-electron chi connectivity index (χ1n) is 19.4. The fourth-order valence-electron chi connectivity index (χ4n) is 11.4. The topological polar surface area (TPSA) is 236 Å². The summed E-state index contributed by atoms with van der Waals surface area (Å²) in [5.74, 6) is -0.263. The van der Waals surface area contributed by atoms with E-state index in [1.165, 1.54) is 0 Å². The standard InChI is InChI=1S/C38H62O14/c1-17(14-39)5-8-23(42)18(2)28-26(12-22-21-7-6-19-11-20(41)9-10-37(19,3)29(21)24(43)13-38(22,28)4)50-35-33(48)34(25(44)16-49-35)52-36-32(47)31(46)30(45)27(15-40)51-36/h11,17-18,21-36,39-40,42-48H,5-10,12-16H2,1-4H3/t17-,18+,21-,22-,23-,24+,25+,26-,27+,28-,29+,30+,31-,32+,33+,34-,35-,36-,37-,38-/m0/s1. The number of hydrogen-bond acceptors (Lipinski definition) is 14. The minimum atomic E-state index is -1.74. The van der Waals surface area contributed by atoms with Gasteiger partial charge in [-0.2, -0.15) is 0 Å². The van der Waals surface area contributed by atoms with Crippen LogP contribution in [0, 0.1) is 46.3 Å². The Morgan fingerprint density at radius 3 is 2.35 bits per heavy atom. The molecule has 4 aliphatic carbocycles.